The number of amides is 1. The van der Waals surface area contributed by atoms with E-state index in [0.717, 1.165) is 5.69 Å². The lowest BCUT2D eigenvalue weighted by Crippen LogP contribution is -2.23. The third-order valence-corrected chi connectivity index (χ3v) is 2.06. The van der Waals surface area contributed by atoms with Gasteiger partial charge in [-0.05, 0) is 32.1 Å². The molecule has 0 saturated heterocycles. The number of hydrogen-bond donors (Lipinski definition) is 0. The van der Waals surface area contributed by atoms with Crippen molar-refractivity contribution in [3.8, 4) is 0 Å². The fraction of sp³-hybridized carbons (Fsp3) is 0.250. The van der Waals surface area contributed by atoms with Crippen LogP contribution in [0.5, 0.6) is 0 Å². The molecule has 0 fully saturated rings. The minimum absolute atomic E-state index is 0.00338. The first kappa shape index (κ1) is 10.5. The number of aryl methyl sites for hydroxylation is 1. The van der Waals surface area contributed by atoms with Gasteiger partial charge in [0, 0.05) is 12.7 Å². The van der Waals surface area contributed by atoms with Gasteiger partial charge in [-0.15, -0.1) is 0 Å². The van der Waals surface area contributed by atoms with Crippen LogP contribution in [0.3, 0.4) is 0 Å². The van der Waals surface area contributed by atoms with Gasteiger partial charge in [0.25, 0.3) is 0 Å². The molecule has 0 radical (unpaired) electrons. The second-order valence-electron chi connectivity index (χ2n) is 3.23. The van der Waals surface area contributed by atoms with Crippen LogP contribution >= 0.6 is 0 Å². The van der Waals surface area contributed by atoms with E-state index in [9.17, 15) is 4.79 Å². The molecule has 0 aliphatic rings. The molecule has 0 bridgehead atoms. The van der Waals surface area contributed by atoms with Crippen LogP contribution in [0.2, 0.25) is 0 Å². The summed E-state index contributed by atoms with van der Waals surface area (Å²) in [5.74, 6) is -0.00338. The van der Waals surface area contributed by atoms with E-state index in [2.05, 4.69) is 0 Å². The van der Waals surface area contributed by atoms with Crippen molar-refractivity contribution in [2.45, 2.75) is 13.8 Å². The minimum Gasteiger partial charge on any atom is -0.312 e. The zero-order valence-corrected chi connectivity index (χ0v) is 8.82. The van der Waals surface area contributed by atoms with Crippen LogP contribution in [0.15, 0.2) is 36.4 Å². The Hall–Kier alpha value is -1.57. The highest BCUT2D eigenvalue weighted by Crippen LogP contribution is 2.13. The lowest BCUT2D eigenvalue weighted by Gasteiger charge is -2.15. The lowest BCUT2D eigenvalue weighted by molar-refractivity contribution is -0.113. The maximum absolute atomic E-state index is 11.5. The first-order valence-electron chi connectivity index (χ1n) is 4.62. The molecule has 0 N–H and O–H groups in total. The molecule has 1 aromatic rings. The molecule has 0 unspecified atom stereocenters. The lowest BCUT2D eigenvalue weighted by atomic mass is 10.2. The summed E-state index contributed by atoms with van der Waals surface area (Å²) in [7, 11) is 1.77. The number of likely N-dealkylation sites (N-methyl/N-ethyl adjacent to an activating group) is 1. The first-order chi connectivity index (χ1) is 6.65. The number of carbonyl (C=O) groups is 1. The van der Waals surface area contributed by atoms with Gasteiger partial charge in [-0.25, -0.2) is 0 Å². The molecule has 1 amide bonds. The molecule has 0 atom stereocenters. The van der Waals surface area contributed by atoms with Gasteiger partial charge in [0.1, 0.15) is 0 Å². The van der Waals surface area contributed by atoms with E-state index >= 15 is 0 Å². The molecular formula is C12H15NO. The highest BCUT2D eigenvalue weighted by molar-refractivity contribution is 6.00. The summed E-state index contributed by atoms with van der Waals surface area (Å²) in [6.07, 6.45) is 3.30. The number of benzene rings is 1. The van der Waals surface area contributed by atoms with Gasteiger partial charge < -0.3 is 4.90 Å². The van der Waals surface area contributed by atoms with Gasteiger partial charge in [0.05, 0.1) is 0 Å². The summed E-state index contributed by atoms with van der Waals surface area (Å²) >= 11 is 0. The van der Waals surface area contributed by atoms with Gasteiger partial charge in [-0.2, -0.15) is 0 Å². The molecule has 0 aromatic heterocycles. The van der Waals surface area contributed by atoms with E-state index in [1.54, 1.807) is 24.1 Å². The van der Waals surface area contributed by atoms with E-state index < -0.39 is 0 Å². The molecule has 0 spiro atoms. The Morgan fingerprint density at radius 2 is 1.86 bits per heavy atom. The van der Waals surface area contributed by atoms with Crippen molar-refractivity contribution < 1.29 is 4.79 Å². The smallest absolute Gasteiger partial charge is 0.250 e. The third kappa shape index (κ3) is 2.46. The van der Waals surface area contributed by atoms with Crippen LogP contribution in [0.1, 0.15) is 12.5 Å². The third-order valence-electron chi connectivity index (χ3n) is 2.06. The molecule has 2 heteroatoms. The van der Waals surface area contributed by atoms with Crippen molar-refractivity contribution in [3.63, 3.8) is 0 Å². The molecule has 14 heavy (non-hydrogen) atoms. The van der Waals surface area contributed by atoms with Crippen molar-refractivity contribution in [1.29, 1.82) is 0 Å². The number of hydrogen-bond acceptors (Lipinski definition) is 1. The Morgan fingerprint density at radius 1 is 1.29 bits per heavy atom. The summed E-state index contributed by atoms with van der Waals surface area (Å²) in [5.41, 5.74) is 2.11. The Labute approximate surface area is 84.9 Å². The molecule has 74 valence electrons. The number of anilines is 1. The van der Waals surface area contributed by atoms with Gasteiger partial charge >= 0.3 is 0 Å². The zero-order valence-electron chi connectivity index (χ0n) is 8.82. The fourth-order valence-corrected chi connectivity index (χ4v) is 1.15. The average molecular weight is 189 g/mol. The predicted molar refractivity (Wildman–Crippen MR) is 59.4 cm³/mol. The van der Waals surface area contributed by atoms with Crippen molar-refractivity contribution in [2.75, 3.05) is 11.9 Å². The molecule has 0 heterocycles. The quantitative estimate of drug-likeness (QED) is 0.655. The molecule has 0 saturated carbocycles. The monoisotopic (exact) mass is 189 g/mol. The predicted octanol–water partition coefficient (Wildman–Crippen LogP) is 2.53. The molecule has 0 aliphatic heterocycles. The van der Waals surface area contributed by atoms with Gasteiger partial charge in [-0.3, -0.25) is 4.79 Å². The van der Waals surface area contributed by atoms with E-state index in [1.165, 1.54) is 5.56 Å². The van der Waals surface area contributed by atoms with Crippen molar-refractivity contribution in [3.05, 3.63) is 42.0 Å². The largest absolute Gasteiger partial charge is 0.312 e. The topological polar surface area (TPSA) is 20.3 Å². The highest BCUT2D eigenvalue weighted by atomic mass is 16.2. The van der Waals surface area contributed by atoms with Gasteiger partial charge in [-0.1, -0.05) is 23.8 Å². The second-order valence-corrected chi connectivity index (χ2v) is 3.23. The number of nitrogens with zero attached hydrogens (tertiary/aromatic N) is 1. The Balaban J connectivity index is 2.84. The number of allylic oxidation sites excluding steroid dienone is 1. The number of rotatable bonds is 2. The normalized spacial score (nSPS) is 10.5. The summed E-state index contributed by atoms with van der Waals surface area (Å²) in [5, 5.41) is 0. The van der Waals surface area contributed by atoms with Crippen molar-refractivity contribution in [1.82, 2.24) is 0 Å². The summed E-state index contributed by atoms with van der Waals surface area (Å²) in [6, 6.07) is 7.87. The summed E-state index contributed by atoms with van der Waals surface area (Å²) in [4.78, 5) is 13.1. The van der Waals surface area contributed by atoms with E-state index in [-0.39, 0.29) is 5.91 Å². The molecule has 1 aromatic carbocycles. The van der Waals surface area contributed by atoms with Crippen LogP contribution in [-0.2, 0) is 4.79 Å². The van der Waals surface area contributed by atoms with E-state index in [4.69, 9.17) is 0 Å². The fourth-order valence-electron chi connectivity index (χ4n) is 1.15. The van der Waals surface area contributed by atoms with Crippen molar-refractivity contribution in [2.24, 2.45) is 0 Å². The molecular weight excluding hydrogens is 174 g/mol. The summed E-state index contributed by atoms with van der Waals surface area (Å²) < 4.78 is 0. The van der Waals surface area contributed by atoms with E-state index in [0.29, 0.717) is 0 Å². The van der Waals surface area contributed by atoms with Crippen LogP contribution in [0, 0.1) is 6.92 Å². The highest BCUT2D eigenvalue weighted by Gasteiger charge is 2.05. The minimum atomic E-state index is -0.00338. The van der Waals surface area contributed by atoms with E-state index in [1.807, 2.05) is 38.1 Å². The van der Waals surface area contributed by atoms with Crippen LogP contribution in [0.25, 0.3) is 0 Å². The molecule has 2 nitrogen and oxygen atoms in total. The zero-order chi connectivity index (χ0) is 10.6. The van der Waals surface area contributed by atoms with Crippen molar-refractivity contribution >= 4 is 11.6 Å². The first-order valence-corrected chi connectivity index (χ1v) is 4.62. The Bertz CT molecular complexity index is 338. The Morgan fingerprint density at radius 3 is 2.36 bits per heavy atom. The van der Waals surface area contributed by atoms with Gasteiger partial charge in [0.2, 0.25) is 5.91 Å². The standard InChI is InChI=1S/C12H15NO/c1-4-5-12(14)13(3)11-8-6-10(2)7-9-11/h4-9H,1-3H3. The maximum atomic E-state index is 11.5. The number of carbonyl (C=O) groups excluding carboxylic acids is 1. The molecule has 1 rings (SSSR count). The SMILES string of the molecule is CC=CC(=O)N(C)c1ccc(C)cc1. The van der Waals surface area contributed by atoms with Crippen LogP contribution in [0.4, 0.5) is 5.69 Å². The molecule has 0 aliphatic carbocycles. The van der Waals surface area contributed by atoms with Crippen LogP contribution in [-0.4, -0.2) is 13.0 Å². The second kappa shape index (κ2) is 4.61. The Kier molecular flexibility index (Phi) is 3.46. The average Bonchev–Trinajstić information content (AvgIpc) is 2.18. The van der Waals surface area contributed by atoms with Crippen LogP contribution < -0.4 is 4.90 Å². The maximum Gasteiger partial charge on any atom is 0.250 e. The van der Waals surface area contributed by atoms with Gasteiger partial charge in [0.15, 0.2) is 0 Å². The summed E-state index contributed by atoms with van der Waals surface area (Å²) in [6.45, 7) is 3.86.